The molecule has 0 aliphatic rings. The van der Waals surface area contributed by atoms with Gasteiger partial charge in [-0.15, -0.1) is 0 Å². The van der Waals surface area contributed by atoms with Gasteiger partial charge in [0.2, 0.25) is 0 Å². The first-order chi connectivity index (χ1) is 12.3. The predicted molar refractivity (Wildman–Crippen MR) is 105 cm³/mol. The Bertz CT molecular complexity index is 705. The predicted octanol–water partition coefficient (Wildman–Crippen LogP) is 5.41. The zero-order valence-electron chi connectivity index (χ0n) is 15.1. The fraction of sp³-hybridized carbons (Fsp3) is 0.318. The number of benzene rings is 2. The van der Waals surface area contributed by atoms with E-state index in [1.807, 2.05) is 13.1 Å². The van der Waals surface area contributed by atoms with E-state index in [0.29, 0.717) is 6.61 Å². The van der Waals surface area contributed by atoms with Crippen molar-refractivity contribution >= 4 is 11.3 Å². The molecule has 0 saturated heterocycles. The van der Waals surface area contributed by atoms with E-state index in [0.717, 1.165) is 31.4 Å². The highest BCUT2D eigenvalue weighted by atomic mass is 17.1. The van der Waals surface area contributed by atoms with Crippen LogP contribution in [0.5, 0.6) is 0 Å². The smallest absolute Gasteiger partial charge is 0.0819 e. The Labute approximate surface area is 150 Å². The number of nitrogens with zero attached hydrogens (tertiary/aromatic N) is 1. The third kappa shape index (κ3) is 5.96. The minimum atomic E-state index is 0.405. The Kier molecular flexibility index (Phi) is 8.10. The molecule has 3 heteroatoms. The van der Waals surface area contributed by atoms with Crippen LogP contribution in [-0.2, 0) is 11.3 Å². The van der Waals surface area contributed by atoms with Gasteiger partial charge in [0.1, 0.15) is 0 Å². The van der Waals surface area contributed by atoms with E-state index in [9.17, 15) is 0 Å². The van der Waals surface area contributed by atoms with Crippen LogP contribution in [0.15, 0.2) is 65.7 Å². The van der Waals surface area contributed by atoms with Crippen molar-refractivity contribution in [2.24, 2.45) is 4.99 Å². The van der Waals surface area contributed by atoms with Crippen LogP contribution in [0.1, 0.15) is 42.9 Å². The molecule has 0 saturated carbocycles. The lowest BCUT2D eigenvalue weighted by Crippen LogP contribution is -2.03. The molecule has 0 fully saturated rings. The quantitative estimate of drug-likeness (QED) is 0.288. The molecular weight excluding hydrogens is 310 g/mol. The molecule has 0 aliphatic carbocycles. The minimum absolute atomic E-state index is 0.405. The summed E-state index contributed by atoms with van der Waals surface area (Å²) in [6.45, 7) is 2.53. The number of hydrogen-bond donors (Lipinski definition) is 1. The van der Waals surface area contributed by atoms with Crippen molar-refractivity contribution in [3.63, 3.8) is 0 Å². The fourth-order valence-electron chi connectivity index (χ4n) is 2.90. The summed E-state index contributed by atoms with van der Waals surface area (Å²) in [4.78, 5) is 8.66. The molecular formula is C22H27NO2. The summed E-state index contributed by atoms with van der Waals surface area (Å²) in [7, 11) is 1.85. The van der Waals surface area contributed by atoms with Gasteiger partial charge in [-0.05, 0) is 49.0 Å². The maximum Gasteiger partial charge on any atom is 0.0819 e. The third-order valence-corrected chi connectivity index (χ3v) is 4.30. The van der Waals surface area contributed by atoms with Crippen LogP contribution < -0.4 is 0 Å². The molecule has 0 radical (unpaired) electrons. The van der Waals surface area contributed by atoms with Crippen molar-refractivity contribution in [2.75, 3.05) is 13.7 Å². The second-order valence-corrected chi connectivity index (χ2v) is 6.10. The van der Waals surface area contributed by atoms with Gasteiger partial charge in [-0.1, -0.05) is 61.0 Å². The molecule has 0 unspecified atom stereocenters. The van der Waals surface area contributed by atoms with Gasteiger partial charge in [-0.3, -0.25) is 10.2 Å². The second-order valence-electron chi connectivity index (χ2n) is 6.10. The zero-order chi connectivity index (χ0) is 17.9. The van der Waals surface area contributed by atoms with E-state index >= 15 is 0 Å². The molecule has 132 valence electrons. The fourth-order valence-corrected chi connectivity index (χ4v) is 2.90. The Morgan fingerprint density at radius 1 is 1.00 bits per heavy atom. The third-order valence-electron chi connectivity index (χ3n) is 4.30. The van der Waals surface area contributed by atoms with Gasteiger partial charge in [0.25, 0.3) is 0 Å². The summed E-state index contributed by atoms with van der Waals surface area (Å²) in [6.07, 6.45) is 6.14. The van der Waals surface area contributed by atoms with Gasteiger partial charge in [0, 0.05) is 12.6 Å². The largest absolute Gasteiger partial charge is 0.288 e. The second kappa shape index (κ2) is 10.6. The van der Waals surface area contributed by atoms with E-state index in [2.05, 4.69) is 71.4 Å². The molecule has 0 amide bonds. The number of aryl methyl sites for hydroxylation is 1. The topological polar surface area (TPSA) is 41.8 Å². The number of unbranched alkanes of at least 4 members (excludes halogenated alkanes) is 2. The molecule has 0 spiro atoms. The highest BCUT2D eigenvalue weighted by Gasteiger charge is 2.07. The number of allylic oxidation sites excluding steroid dienone is 2. The summed E-state index contributed by atoms with van der Waals surface area (Å²) in [6, 6.07) is 18.8. The number of aliphatic imine (C=N–C) groups is 1. The molecule has 3 nitrogen and oxygen atoms in total. The van der Waals surface area contributed by atoms with Crippen LogP contribution in [0, 0.1) is 0 Å². The molecule has 0 aromatic heterocycles. The van der Waals surface area contributed by atoms with E-state index in [1.54, 1.807) is 0 Å². The van der Waals surface area contributed by atoms with Crippen molar-refractivity contribution in [2.45, 2.75) is 32.6 Å². The maximum absolute atomic E-state index is 8.39. The van der Waals surface area contributed by atoms with Gasteiger partial charge >= 0.3 is 0 Å². The minimum Gasteiger partial charge on any atom is -0.288 e. The Morgan fingerprint density at radius 3 is 2.44 bits per heavy atom. The van der Waals surface area contributed by atoms with E-state index in [-0.39, 0.29) is 0 Å². The molecule has 0 heterocycles. The van der Waals surface area contributed by atoms with Crippen LogP contribution in [0.4, 0.5) is 0 Å². The van der Waals surface area contributed by atoms with Gasteiger partial charge in [0.15, 0.2) is 0 Å². The van der Waals surface area contributed by atoms with Crippen molar-refractivity contribution in [1.29, 1.82) is 0 Å². The first-order valence-corrected chi connectivity index (χ1v) is 8.81. The molecule has 25 heavy (non-hydrogen) atoms. The lowest BCUT2D eigenvalue weighted by Gasteiger charge is -2.11. The van der Waals surface area contributed by atoms with E-state index in [4.69, 9.17) is 5.26 Å². The highest BCUT2D eigenvalue weighted by molar-refractivity contribution is 6.12. The summed E-state index contributed by atoms with van der Waals surface area (Å²) in [5.74, 6) is 0. The molecule has 2 aromatic carbocycles. The average Bonchev–Trinajstić information content (AvgIpc) is 2.67. The zero-order valence-corrected chi connectivity index (χ0v) is 15.1. The van der Waals surface area contributed by atoms with Gasteiger partial charge in [-0.2, -0.15) is 0 Å². The maximum atomic E-state index is 8.39. The Balaban J connectivity index is 2.15. The van der Waals surface area contributed by atoms with Crippen molar-refractivity contribution in [3.05, 3.63) is 77.4 Å². The lowest BCUT2D eigenvalue weighted by atomic mass is 9.96. The molecule has 0 bridgehead atoms. The normalized spacial score (nSPS) is 12.4. The van der Waals surface area contributed by atoms with Crippen LogP contribution in [0.2, 0.25) is 0 Å². The molecule has 1 N–H and O–H groups in total. The summed E-state index contributed by atoms with van der Waals surface area (Å²) < 4.78 is 0. The van der Waals surface area contributed by atoms with Crippen LogP contribution in [0.25, 0.3) is 5.57 Å². The van der Waals surface area contributed by atoms with Crippen molar-refractivity contribution in [3.8, 4) is 0 Å². The van der Waals surface area contributed by atoms with Crippen LogP contribution in [0.3, 0.4) is 0 Å². The standard InChI is InChI=1S/C22H27NO2/c1-18(19-11-5-3-6-12-19)17-22(23-2)21-15-9-8-14-20(21)13-7-4-10-16-25-24/h3,5-6,8-9,11-12,14-15,17,24H,4,7,10,13,16H2,1-2H3/b18-17+,23-22?. The van der Waals surface area contributed by atoms with Gasteiger partial charge in [-0.25, -0.2) is 4.89 Å². The number of rotatable bonds is 9. The van der Waals surface area contributed by atoms with Crippen LogP contribution in [-0.4, -0.2) is 24.6 Å². The monoisotopic (exact) mass is 337 g/mol. The summed E-state index contributed by atoms with van der Waals surface area (Å²) in [5.41, 5.74) is 5.93. The SMILES string of the molecule is CN=C(/C=C(\C)c1ccccc1)c1ccccc1CCCCCOO. The van der Waals surface area contributed by atoms with Gasteiger partial charge < -0.3 is 0 Å². The van der Waals surface area contributed by atoms with Crippen molar-refractivity contribution in [1.82, 2.24) is 0 Å². The molecule has 2 rings (SSSR count). The van der Waals surface area contributed by atoms with Crippen LogP contribution >= 0.6 is 0 Å². The first-order valence-electron chi connectivity index (χ1n) is 8.81. The molecule has 0 aliphatic heterocycles. The van der Waals surface area contributed by atoms with E-state index in [1.165, 1.54) is 22.3 Å². The molecule has 2 aromatic rings. The van der Waals surface area contributed by atoms with E-state index < -0.39 is 0 Å². The number of hydrogen-bond acceptors (Lipinski definition) is 3. The summed E-state index contributed by atoms with van der Waals surface area (Å²) in [5, 5.41) is 8.39. The molecule has 0 atom stereocenters. The highest BCUT2D eigenvalue weighted by Crippen LogP contribution is 2.19. The van der Waals surface area contributed by atoms with Crippen molar-refractivity contribution < 1.29 is 10.1 Å². The van der Waals surface area contributed by atoms with Gasteiger partial charge in [0.05, 0.1) is 12.3 Å². The summed E-state index contributed by atoms with van der Waals surface area (Å²) >= 11 is 0. The Morgan fingerprint density at radius 2 is 1.72 bits per heavy atom. The first kappa shape index (κ1) is 19.1. The average molecular weight is 337 g/mol. The Hall–Kier alpha value is -2.23. The lowest BCUT2D eigenvalue weighted by molar-refractivity contribution is -0.242.